The van der Waals surface area contributed by atoms with Crippen LogP contribution in [0, 0.1) is 0 Å². The highest BCUT2D eigenvalue weighted by Gasteiger charge is 2.30. The molecule has 0 radical (unpaired) electrons. The predicted molar refractivity (Wildman–Crippen MR) is 87.6 cm³/mol. The van der Waals surface area contributed by atoms with Crippen LogP contribution in [0.15, 0.2) is 48.7 Å². The van der Waals surface area contributed by atoms with E-state index in [-0.39, 0.29) is 0 Å². The number of thiazole rings is 1. The Morgan fingerprint density at radius 1 is 1.08 bits per heavy atom. The molecule has 24 heavy (non-hydrogen) atoms. The van der Waals surface area contributed by atoms with Gasteiger partial charge in [0.15, 0.2) is 4.96 Å². The van der Waals surface area contributed by atoms with E-state index in [1.54, 1.807) is 7.11 Å². The van der Waals surface area contributed by atoms with Crippen molar-refractivity contribution in [3.05, 3.63) is 54.2 Å². The fourth-order valence-electron chi connectivity index (χ4n) is 2.58. The van der Waals surface area contributed by atoms with E-state index >= 15 is 0 Å². The molecule has 0 aliphatic rings. The van der Waals surface area contributed by atoms with E-state index in [0.29, 0.717) is 9.66 Å². The average Bonchev–Trinajstić information content (AvgIpc) is 3.11. The molecule has 2 heterocycles. The summed E-state index contributed by atoms with van der Waals surface area (Å²) in [6.07, 6.45) is -2.50. The zero-order chi connectivity index (χ0) is 16.9. The average molecular weight is 348 g/mol. The standard InChI is InChI=1S/C17H11F3N2OS/c1-23-12-5-2-10(3-6-12)13-9-22-14-7-4-11(17(18,19)20)8-15(14)24-16(22)21-13/h2-9H,1H3. The van der Waals surface area contributed by atoms with Crippen LogP contribution in [0.4, 0.5) is 13.2 Å². The summed E-state index contributed by atoms with van der Waals surface area (Å²) >= 11 is 1.24. The molecule has 7 heteroatoms. The summed E-state index contributed by atoms with van der Waals surface area (Å²) in [4.78, 5) is 5.19. The molecule has 4 aromatic rings. The van der Waals surface area contributed by atoms with Crippen LogP contribution in [0.3, 0.4) is 0 Å². The second-order valence-corrected chi connectivity index (χ2v) is 6.30. The first-order valence-corrected chi connectivity index (χ1v) is 7.90. The summed E-state index contributed by atoms with van der Waals surface area (Å²) < 4.78 is 46.0. The molecule has 0 spiro atoms. The Morgan fingerprint density at radius 2 is 1.83 bits per heavy atom. The van der Waals surface area contributed by atoms with Crippen LogP contribution < -0.4 is 4.74 Å². The quantitative estimate of drug-likeness (QED) is 0.495. The molecule has 0 aliphatic heterocycles. The Morgan fingerprint density at radius 3 is 2.50 bits per heavy atom. The van der Waals surface area contributed by atoms with Crippen LogP contribution in [0.25, 0.3) is 26.4 Å². The van der Waals surface area contributed by atoms with Gasteiger partial charge in [-0.1, -0.05) is 11.3 Å². The smallest absolute Gasteiger partial charge is 0.416 e. The summed E-state index contributed by atoms with van der Waals surface area (Å²) in [6, 6.07) is 11.2. The van der Waals surface area contributed by atoms with Crippen LogP contribution in [0.2, 0.25) is 0 Å². The van der Waals surface area contributed by atoms with Gasteiger partial charge < -0.3 is 4.74 Å². The third kappa shape index (κ3) is 2.41. The number of methoxy groups -OCH3 is 1. The number of ether oxygens (including phenoxy) is 1. The van der Waals surface area contributed by atoms with Gasteiger partial charge in [-0.3, -0.25) is 4.40 Å². The summed E-state index contributed by atoms with van der Waals surface area (Å²) in [5.74, 6) is 0.755. The van der Waals surface area contributed by atoms with Crippen molar-refractivity contribution >= 4 is 26.5 Å². The maximum atomic E-state index is 12.8. The van der Waals surface area contributed by atoms with E-state index in [0.717, 1.165) is 28.6 Å². The second kappa shape index (κ2) is 5.24. The molecule has 0 N–H and O–H groups in total. The number of benzene rings is 2. The normalized spacial score (nSPS) is 12.2. The van der Waals surface area contributed by atoms with Gasteiger partial charge in [0, 0.05) is 11.8 Å². The lowest BCUT2D eigenvalue weighted by atomic mass is 10.1. The SMILES string of the molecule is COc1ccc(-c2cn3c(n2)sc2cc(C(F)(F)F)ccc23)cc1. The molecule has 2 aromatic carbocycles. The summed E-state index contributed by atoms with van der Waals surface area (Å²) in [5.41, 5.74) is 1.77. The Bertz CT molecular complexity index is 1030. The van der Waals surface area contributed by atoms with Crippen molar-refractivity contribution < 1.29 is 17.9 Å². The predicted octanol–water partition coefficient (Wildman–Crippen LogP) is 5.24. The van der Waals surface area contributed by atoms with E-state index in [4.69, 9.17) is 4.74 Å². The fraction of sp³-hybridized carbons (Fsp3) is 0.118. The minimum Gasteiger partial charge on any atom is -0.497 e. The van der Waals surface area contributed by atoms with Crippen molar-refractivity contribution in [2.24, 2.45) is 0 Å². The van der Waals surface area contributed by atoms with Gasteiger partial charge in [0.25, 0.3) is 0 Å². The molecule has 0 atom stereocenters. The highest BCUT2D eigenvalue weighted by Crippen LogP contribution is 2.35. The molecular weight excluding hydrogens is 337 g/mol. The third-order valence-corrected chi connectivity index (χ3v) is 4.82. The zero-order valence-electron chi connectivity index (χ0n) is 12.5. The summed E-state index contributed by atoms with van der Waals surface area (Å²) in [6.45, 7) is 0. The van der Waals surface area contributed by atoms with Gasteiger partial charge >= 0.3 is 6.18 Å². The number of imidazole rings is 1. The number of hydrogen-bond donors (Lipinski definition) is 0. The Kier molecular flexibility index (Phi) is 3.28. The lowest BCUT2D eigenvalue weighted by Gasteiger charge is -2.05. The molecule has 0 fully saturated rings. The molecule has 0 amide bonds. The number of fused-ring (bicyclic) bond motifs is 3. The molecular formula is C17H11F3N2OS. The van der Waals surface area contributed by atoms with Gasteiger partial charge in [0.1, 0.15) is 5.75 Å². The highest BCUT2D eigenvalue weighted by molar-refractivity contribution is 7.23. The summed E-state index contributed by atoms with van der Waals surface area (Å²) in [7, 11) is 1.60. The van der Waals surface area contributed by atoms with Crippen LogP contribution in [-0.4, -0.2) is 16.5 Å². The van der Waals surface area contributed by atoms with Gasteiger partial charge in [0.2, 0.25) is 0 Å². The van der Waals surface area contributed by atoms with Crippen molar-refractivity contribution in [2.75, 3.05) is 7.11 Å². The number of alkyl halides is 3. The van der Waals surface area contributed by atoms with E-state index in [9.17, 15) is 13.2 Å². The number of rotatable bonds is 2. The van der Waals surface area contributed by atoms with E-state index < -0.39 is 11.7 Å². The van der Waals surface area contributed by atoms with Crippen LogP contribution >= 0.6 is 11.3 Å². The Balaban J connectivity index is 1.81. The molecule has 0 saturated carbocycles. The van der Waals surface area contributed by atoms with E-state index in [2.05, 4.69) is 4.98 Å². The van der Waals surface area contributed by atoms with Crippen molar-refractivity contribution in [3.8, 4) is 17.0 Å². The van der Waals surface area contributed by atoms with Crippen molar-refractivity contribution in [1.29, 1.82) is 0 Å². The first kappa shape index (κ1) is 15.0. The molecule has 0 aliphatic carbocycles. The summed E-state index contributed by atoms with van der Waals surface area (Å²) in [5, 5.41) is 0. The maximum absolute atomic E-state index is 12.8. The molecule has 0 bridgehead atoms. The maximum Gasteiger partial charge on any atom is 0.416 e. The lowest BCUT2D eigenvalue weighted by molar-refractivity contribution is -0.137. The highest BCUT2D eigenvalue weighted by atomic mass is 32.1. The Labute approximate surface area is 138 Å². The van der Waals surface area contributed by atoms with Gasteiger partial charge in [-0.15, -0.1) is 0 Å². The topological polar surface area (TPSA) is 26.5 Å². The van der Waals surface area contributed by atoms with E-state index in [1.807, 2.05) is 34.9 Å². The van der Waals surface area contributed by atoms with Crippen molar-refractivity contribution in [1.82, 2.24) is 9.38 Å². The third-order valence-electron chi connectivity index (χ3n) is 3.81. The van der Waals surface area contributed by atoms with Gasteiger partial charge in [-0.2, -0.15) is 13.2 Å². The van der Waals surface area contributed by atoms with Crippen LogP contribution in [-0.2, 0) is 6.18 Å². The van der Waals surface area contributed by atoms with Gasteiger partial charge in [-0.05, 0) is 42.5 Å². The molecule has 2 aromatic heterocycles. The number of nitrogens with zero attached hydrogens (tertiary/aromatic N) is 2. The van der Waals surface area contributed by atoms with E-state index in [1.165, 1.54) is 23.5 Å². The lowest BCUT2D eigenvalue weighted by Crippen LogP contribution is -2.03. The van der Waals surface area contributed by atoms with Crippen LogP contribution in [0.5, 0.6) is 5.75 Å². The second-order valence-electron chi connectivity index (χ2n) is 5.29. The number of aromatic nitrogens is 2. The van der Waals surface area contributed by atoms with Crippen LogP contribution in [0.1, 0.15) is 5.56 Å². The number of halogens is 3. The van der Waals surface area contributed by atoms with Crippen molar-refractivity contribution in [2.45, 2.75) is 6.18 Å². The van der Waals surface area contributed by atoms with Crippen molar-refractivity contribution in [3.63, 3.8) is 0 Å². The Hall–Kier alpha value is -2.54. The molecule has 0 saturated heterocycles. The largest absolute Gasteiger partial charge is 0.497 e. The first-order valence-electron chi connectivity index (χ1n) is 7.09. The zero-order valence-corrected chi connectivity index (χ0v) is 13.3. The molecule has 122 valence electrons. The molecule has 0 unspecified atom stereocenters. The van der Waals surface area contributed by atoms with Gasteiger partial charge in [-0.25, -0.2) is 4.98 Å². The monoisotopic (exact) mass is 348 g/mol. The molecule has 4 rings (SSSR count). The minimum atomic E-state index is -4.34. The number of hydrogen-bond acceptors (Lipinski definition) is 3. The fourth-order valence-corrected chi connectivity index (χ4v) is 3.63. The van der Waals surface area contributed by atoms with Gasteiger partial charge in [0.05, 0.1) is 28.6 Å². The minimum absolute atomic E-state index is 0.564. The first-order chi connectivity index (χ1) is 11.5. The molecule has 3 nitrogen and oxygen atoms in total.